The topological polar surface area (TPSA) is 87.1 Å². The van der Waals surface area contributed by atoms with Crippen LogP contribution in [0.3, 0.4) is 0 Å². The molecule has 0 aliphatic carbocycles. The van der Waals surface area contributed by atoms with E-state index in [-0.39, 0.29) is 35.1 Å². The minimum Gasteiger partial charge on any atom is -0.392 e. The lowest BCUT2D eigenvalue weighted by molar-refractivity contribution is -0.138. The molecule has 2 aromatic carbocycles. The van der Waals surface area contributed by atoms with Gasteiger partial charge in [-0.05, 0) is 41.5 Å². The fourth-order valence-electron chi connectivity index (χ4n) is 2.69. The smallest absolute Gasteiger partial charge is 0.392 e. The van der Waals surface area contributed by atoms with Crippen LogP contribution in [0.5, 0.6) is 0 Å². The Hall–Kier alpha value is -3.53. The summed E-state index contributed by atoms with van der Waals surface area (Å²) in [5.74, 6) is -0.931. The Labute approximate surface area is 168 Å². The Bertz CT molecular complexity index is 1040. The van der Waals surface area contributed by atoms with E-state index >= 15 is 0 Å². The van der Waals surface area contributed by atoms with Crippen LogP contribution in [0.4, 0.5) is 29.1 Å². The van der Waals surface area contributed by atoms with Gasteiger partial charge in [-0.3, -0.25) is 4.79 Å². The largest absolute Gasteiger partial charge is 0.416 e. The molecule has 0 saturated carbocycles. The van der Waals surface area contributed by atoms with Crippen molar-refractivity contribution in [1.82, 2.24) is 9.97 Å². The number of carbonyl (C=O) groups is 1. The van der Waals surface area contributed by atoms with E-state index in [1.807, 2.05) is 0 Å². The molecule has 6 nitrogen and oxygen atoms in total. The second-order valence-corrected chi connectivity index (χ2v) is 6.22. The van der Waals surface area contributed by atoms with Crippen LogP contribution in [0.2, 0.25) is 0 Å². The van der Waals surface area contributed by atoms with Gasteiger partial charge in [-0.25, -0.2) is 14.4 Å². The number of nitrogens with one attached hydrogen (secondary N) is 2. The van der Waals surface area contributed by atoms with Gasteiger partial charge in [0.15, 0.2) is 11.5 Å². The molecule has 10 heteroatoms. The number of aliphatic hydroxyl groups excluding tert-OH is 1. The molecule has 0 aliphatic rings. The summed E-state index contributed by atoms with van der Waals surface area (Å²) >= 11 is 0. The quantitative estimate of drug-likeness (QED) is 0.525. The standard InChI is InChI=1S/C20H16F4N4O2/c21-14-3-1-12(2-4-14)10-27-18-17(25-7-8-26-18)19(30)28-15-5-6-16(20(22,23)24)13(9-15)11-29/h1-9,29H,10-11H2,(H,26,27)(H,28,30). The van der Waals surface area contributed by atoms with E-state index in [1.165, 1.54) is 24.5 Å². The van der Waals surface area contributed by atoms with Gasteiger partial charge in [0.2, 0.25) is 0 Å². The molecule has 1 aromatic heterocycles. The monoisotopic (exact) mass is 420 g/mol. The summed E-state index contributed by atoms with van der Waals surface area (Å²) in [4.78, 5) is 20.6. The van der Waals surface area contributed by atoms with E-state index in [9.17, 15) is 27.5 Å². The SMILES string of the molecule is O=C(Nc1ccc(C(F)(F)F)c(CO)c1)c1nccnc1NCc1ccc(F)cc1. The Morgan fingerprint density at radius 2 is 1.73 bits per heavy atom. The number of carbonyl (C=O) groups excluding carboxylic acids is 1. The molecule has 0 bridgehead atoms. The van der Waals surface area contributed by atoms with Crippen LogP contribution in [-0.4, -0.2) is 21.0 Å². The Morgan fingerprint density at radius 1 is 1.03 bits per heavy atom. The van der Waals surface area contributed by atoms with Crippen LogP contribution in [0.25, 0.3) is 0 Å². The first-order chi connectivity index (χ1) is 14.3. The summed E-state index contributed by atoms with van der Waals surface area (Å²) in [6.45, 7) is -0.595. The maximum Gasteiger partial charge on any atom is 0.416 e. The molecule has 3 rings (SSSR count). The van der Waals surface area contributed by atoms with Gasteiger partial charge in [0.05, 0.1) is 12.2 Å². The van der Waals surface area contributed by atoms with Crippen molar-refractivity contribution in [3.8, 4) is 0 Å². The number of halogens is 4. The molecule has 1 heterocycles. The predicted molar refractivity (Wildman–Crippen MR) is 101 cm³/mol. The van der Waals surface area contributed by atoms with E-state index in [0.29, 0.717) is 0 Å². The summed E-state index contributed by atoms with van der Waals surface area (Å²) in [6, 6.07) is 8.64. The average molecular weight is 420 g/mol. The number of hydrogen-bond donors (Lipinski definition) is 3. The Balaban J connectivity index is 1.77. The average Bonchev–Trinajstić information content (AvgIpc) is 2.72. The van der Waals surface area contributed by atoms with Crippen LogP contribution in [0, 0.1) is 5.82 Å². The normalized spacial score (nSPS) is 11.2. The number of amides is 1. The van der Waals surface area contributed by atoms with Crippen molar-refractivity contribution in [2.45, 2.75) is 19.3 Å². The maximum absolute atomic E-state index is 13.0. The van der Waals surface area contributed by atoms with Crippen molar-refractivity contribution < 1.29 is 27.5 Å². The second-order valence-electron chi connectivity index (χ2n) is 6.22. The molecule has 1 amide bonds. The lowest BCUT2D eigenvalue weighted by Crippen LogP contribution is -2.18. The van der Waals surface area contributed by atoms with Crippen molar-refractivity contribution in [2.24, 2.45) is 0 Å². The zero-order valence-electron chi connectivity index (χ0n) is 15.4. The zero-order valence-corrected chi connectivity index (χ0v) is 15.4. The molecule has 0 unspecified atom stereocenters. The summed E-state index contributed by atoms with van der Waals surface area (Å²) < 4.78 is 51.8. The highest BCUT2D eigenvalue weighted by Gasteiger charge is 2.33. The first-order valence-electron chi connectivity index (χ1n) is 8.69. The Kier molecular flexibility index (Phi) is 6.26. The van der Waals surface area contributed by atoms with Crippen molar-refractivity contribution in [3.05, 3.63) is 83.1 Å². The van der Waals surface area contributed by atoms with Gasteiger partial charge >= 0.3 is 6.18 Å². The lowest BCUT2D eigenvalue weighted by Gasteiger charge is -2.14. The van der Waals surface area contributed by atoms with Gasteiger partial charge in [-0.2, -0.15) is 13.2 Å². The molecule has 156 valence electrons. The van der Waals surface area contributed by atoms with E-state index in [1.54, 1.807) is 12.1 Å². The van der Waals surface area contributed by atoms with Crippen LogP contribution in [0.1, 0.15) is 27.2 Å². The molecule has 0 spiro atoms. The summed E-state index contributed by atoms with van der Waals surface area (Å²) in [5.41, 5.74) is -0.626. The van der Waals surface area contributed by atoms with E-state index in [2.05, 4.69) is 20.6 Å². The van der Waals surface area contributed by atoms with Gasteiger partial charge < -0.3 is 15.7 Å². The van der Waals surface area contributed by atoms with Gasteiger partial charge in [0.25, 0.3) is 5.91 Å². The number of nitrogens with zero attached hydrogens (tertiary/aromatic N) is 2. The van der Waals surface area contributed by atoms with E-state index in [4.69, 9.17) is 0 Å². The maximum atomic E-state index is 13.0. The van der Waals surface area contributed by atoms with Crippen molar-refractivity contribution in [1.29, 1.82) is 0 Å². The Morgan fingerprint density at radius 3 is 2.40 bits per heavy atom. The van der Waals surface area contributed by atoms with E-state index in [0.717, 1.165) is 23.8 Å². The van der Waals surface area contributed by atoms with Crippen LogP contribution < -0.4 is 10.6 Å². The highest BCUT2D eigenvalue weighted by atomic mass is 19.4. The number of alkyl halides is 3. The van der Waals surface area contributed by atoms with Crippen LogP contribution in [0.15, 0.2) is 54.9 Å². The van der Waals surface area contributed by atoms with Gasteiger partial charge in [0.1, 0.15) is 5.82 Å². The van der Waals surface area contributed by atoms with E-state index < -0.39 is 24.3 Å². The molecular weight excluding hydrogens is 404 g/mol. The molecule has 0 radical (unpaired) electrons. The van der Waals surface area contributed by atoms with Crippen LogP contribution >= 0.6 is 0 Å². The number of aromatic nitrogens is 2. The molecule has 30 heavy (non-hydrogen) atoms. The van der Waals surface area contributed by atoms with Crippen molar-refractivity contribution in [2.75, 3.05) is 10.6 Å². The molecule has 0 atom stereocenters. The third-order valence-electron chi connectivity index (χ3n) is 4.13. The molecular formula is C20H16F4N4O2. The summed E-state index contributed by atoms with van der Waals surface area (Å²) in [5, 5.41) is 14.6. The third-order valence-corrected chi connectivity index (χ3v) is 4.13. The van der Waals surface area contributed by atoms with Crippen LogP contribution in [-0.2, 0) is 19.3 Å². The first kappa shape index (κ1) is 21.2. The molecule has 3 aromatic rings. The minimum absolute atomic E-state index is 0.0622. The predicted octanol–water partition coefficient (Wildman–Crippen LogP) is 3.99. The molecule has 0 fully saturated rings. The highest BCUT2D eigenvalue weighted by molar-refractivity contribution is 6.05. The molecule has 0 aliphatic heterocycles. The second kappa shape index (κ2) is 8.87. The number of hydrogen-bond acceptors (Lipinski definition) is 5. The number of rotatable bonds is 6. The third kappa shape index (κ3) is 5.09. The van der Waals surface area contributed by atoms with Gasteiger partial charge in [-0.15, -0.1) is 0 Å². The fourth-order valence-corrected chi connectivity index (χ4v) is 2.69. The number of anilines is 2. The lowest BCUT2D eigenvalue weighted by atomic mass is 10.1. The minimum atomic E-state index is -4.62. The first-order valence-corrected chi connectivity index (χ1v) is 8.69. The fraction of sp³-hybridized carbons (Fsp3) is 0.150. The zero-order chi connectivity index (χ0) is 21.7. The highest BCUT2D eigenvalue weighted by Crippen LogP contribution is 2.33. The van der Waals surface area contributed by atoms with Crippen molar-refractivity contribution >= 4 is 17.4 Å². The summed E-state index contributed by atoms with van der Waals surface area (Å²) in [6.07, 6.45) is -1.96. The summed E-state index contributed by atoms with van der Waals surface area (Å²) in [7, 11) is 0. The number of aliphatic hydroxyl groups is 1. The van der Waals surface area contributed by atoms with Crippen molar-refractivity contribution in [3.63, 3.8) is 0 Å². The van der Waals surface area contributed by atoms with Gasteiger partial charge in [-0.1, -0.05) is 12.1 Å². The number of benzene rings is 2. The molecule has 0 saturated heterocycles. The van der Waals surface area contributed by atoms with Gasteiger partial charge in [0, 0.05) is 24.6 Å². The molecule has 3 N–H and O–H groups in total.